The second kappa shape index (κ2) is 3.51. The van der Waals surface area contributed by atoms with E-state index in [4.69, 9.17) is 11.6 Å². The molecule has 0 N–H and O–H groups in total. The Bertz CT molecular complexity index is 494. The Morgan fingerprint density at radius 1 is 1.33 bits per heavy atom. The van der Waals surface area contributed by atoms with E-state index in [2.05, 4.69) is 10.2 Å². The van der Waals surface area contributed by atoms with Gasteiger partial charge in [-0.2, -0.15) is 10.2 Å². The number of hydrogen-bond donors (Lipinski definition) is 0. The Balaban J connectivity index is 2.45. The largest absolute Gasteiger partial charge is 0.287 e. The molecule has 2 aromatic heterocycles. The lowest BCUT2D eigenvalue weighted by Gasteiger charge is -1.98. The molecule has 0 aliphatic carbocycles. The Hall–Kier alpha value is -1.62. The highest BCUT2D eigenvalue weighted by Gasteiger charge is 2.18. The SMILES string of the molecule is Cn1cc(C(=O)c2c(Cl)cnn2C)cn1. The van der Waals surface area contributed by atoms with E-state index >= 15 is 0 Å². The minimum absolute atomic E-state index is 0.173. The fraction of sp³-hybridized carbons (Fsp3) is 0.222. The van der Waals surface area contributed by atoms with E-state index in [0.717, 1.165) is 0 Å². The number of aryl methyl sites for hydroxylation is 2. The van der Waals surface area contributed by atoms with Crippen LogP contribution in [-0.2, 0) is 14.1 Å². The summed E-state index contributed by atoms with van der Waals surface area (Å²) in [5, 5.41) is 8.19. The molecule has 2 heterocycles. The van der Waals surface area contributed by atoms with Crippen LogP contribution >= 0.6 is 11.6 Å². The zero-order valence-electron chi connectivity index (χ0n) is 8.31. The van der Waals surface area contributed by atoms with Crippen LogP contribution in [0.2, 0.25) is 5.02 Å². The van der Waals surface area contributed by atoms with Crippen LogP contribution in [0.15, 0.2) is 18.6 Å². The molecule has 78 valence electrons. The van der Waals surface area contributed by atoms with Crippen LogP contribution in [0.5, 0.6) is 0 Å². The van der Waals surface area contributed by atoms with Crippen LogP contribution in [0, 0.1) is 0 Å². The summed E-state index contributed by atoms with van der Waals surface area (Å²) in [5.41, 5.74) is 0.882. The van der Waals surface area contributed by atoms with Gasteiger partial charge in [0.05, 0.1) is 23.0 Å². The van der Waals surface area contributed by atoms with Gasteiger partial charge in [0.15, 0.2) is 0 Å². The minimum Gasteiger partial charge on any atom is -0.287 e. The normalized spacial score (nSPS) is 10.6. The molecule has 0 aliphatic rings. The quantitative estimate of drug-likeness (QED) is 0.717. The highest BCUT2D eigenvalue weighted by molar-refractivity contribution is 6.34. The summed E-state index contributed by atoms with van der Waals surface area (Å²) in [6.45, 7) is 0. The van der Waals surface area contributed by atoms with Crippen LogP contribution in [0.1, 0.15) is 16.1 Å². The first-order valence-corrected chi connectivity index (χ1v) is 4.68. The van der Waals surface area contributed by atoms with Gasteiger partial charge < -0.3 is 0 Å². The fourth-order valence-corrected chi connectivity index (χ4v) is 1.59. The number of aromatic nitrogens is 4. The Labute approximate surface area is 91.3 Å². The van der Waals surface area contributed by atoms with Gasteiger partial charge in [-0.05, 0) is 0 Å². The van der Waals surface area contributed by atoms with E-state index < -0.39 is 0 Å². The molecule has 5 nitrogen and oxygen atoms in total. The van der Waals surface area contributed by atoms with Crippen molar-refractivity contribution in [3.05, 3.63) is 34.9 Å². The lowest BCUT2D eigenvalue weighted by molar-refractivity contribution is 0.103. The predicted molar refractivity (Wildman–Crippen MR) is 54.9 cm³/mol. The monoisotopic (exact) mass is 224 g/mol. The summed E-state index contributed by atoms with van der Waals surface area (Å²) in [6, 6.07) is 0. The number of rotatable bonds is 2. The number of carbonyl (C=O) groups excluding carboxylic acids is 1. The molecule has 0 amide bonds. The lowest BCUT2D eigenvalue weighted by atomic mass is 10.2. The summed E-state index contributed by atoms with van der Waals surface area (Å²) < 4.78 is 3.02. The highest BCUT2D eigenvalue weighted by Crippen LogP contribution is 2.17. The van der Waals surface area contributed by atoms with Crippen molar-refractivity contribution in [3.8, 4) is 0 Å². The van der Waals surface area contributed by atoms with Crippen molar-refractivity contribution < 1.29 is 4.79 Å². The molecule has 0 unspecified atom stereocenters. The molecule has 0 bridgehead atoms. The molecule has 0 saturated carbocycles. The number of halogens is 1. The van der Waals surface area contributed by atoms with Gasteiger partial charge in [-0.15, -0.1) is 0 Å². The van der Waals surface area contributed by atoms with Crippen LogP contribution in [0.4, 0.5) is 0 Å². The van der Waals surface area contributed by atoms with E-state index in [0.29, 0.717) is 16.3 Å². The summed E-state index contributed by atoms with van der Waals surface area (Å²) in [6.07, 6.45) is 4.60. The van der Waals surface area contributed by atoms with E-state index in [-0.39, 0.29) is 5.78 Å². The van der Waals surface area contributed by atoms with Gasteiger partial charge in [0.2, 0.25) is 5.78 Å². The smallest absolute Gasteiger partial charge is 0.215 e. The molecule has 2 rings (SSSR count). The number of carbonyl (C=O) groups is 1. The van der Waals surface area contributed by atoms with Crippen molar-refractivity contribution in [1.82, 2.24) is 19.6 Å². The molecule has 0 fully saturated rings. The Morgan fingerprint density at radius 2 is 2.07 bits per heavy atom. The van der Waals surface area contributed by atoms with Crippen LogP contribution in [-0.4, -0.2) is 25.3 Å². The van der Waals surface area contributed by atoms with Crippen molar-refractivity contribution in [2.45, 2.75) is 0 Å². The molecule has 0 aliphatic heterocycles. The van der Waals surface area contributed by atoms with Crippen molar-refractivity contribution in [2.75, 3.05) is 0 Å². The van der Waals surface area contributed by atoms with Gasteiger partial charge in [0, 0.05) is 20.3 Å². The third-order valence-electron chi connectivity index (χ3n) is 2.08. The lowest BCUT2D eigenvalue weighted by Crippen LogP contribution is -2.08. The van der Waals surface area contributed by atoms with Gasteiger partial charge in [-0.3, -0.25) is 14.2 Å². The van der Waals surface area contributed by atoms with E-state index in [9.17, 15) is 4.79 Å². The molecule has 0 spiro atoms. The Kier molecular flexibility index (Phi) is 2.32. The molecule has 0 atom stereocenters. The standard InChI is InChI=1S/C9H9ClN4O/c1-13-5-6(3-11-13)9(15)8-7(10)4-12-14(8)2/h3-5H,1-2H3. The maximum atomic E-state index is 12.0. The second-order valence-electron chi connectivity index (χ2n) is 3.20. The zero-order chi connectivity index (χ0) is 11.0. The summed E-state index contributed by atoms with van der Waals surface area (Å²) in [4.78, 5) is 12.0. The first-order valence-electron chi connectivity index (χ1n) is 4.30. The third-order valence-corrected chi connectivity index (χ3v) is 2.35. The number of nitrogens with zero attached hydrogens (tertiary/aromatic N) is 4. The topological polar surface area (TPSA) is 52.7 Å². The molecule has 2 aromatic rings. The molecular formula is C9H9ClN4O. The van der Waals surface area contributed by atoms with Crippen molar-refractivity contribution in [3.63, 3.8) is 0 Å². The van der Waals surface area contributed by atoms with Crippen molar-refractivity contribution in [2.24, 2.45) is 14.1 Å². The average Bonchev–Trinajstić information content (AvgIpc) is 2.73. The predicted octanol–water partition coefficient (Wildman–Crippen LogP) is 1.04. The highest BCUT2D eigenvalue weighted by atomic mass is 35.5. The van der Waals surface area contributed by atoms with Gasteiger partial charge in [0.25, 0.3) is 0 Å². The fourth-order valence-electron chi connectivity index (χ4n) is 1.34. The molecule has 6 heteroatoms. The molecular weight excluding hydrogens is 216 g/mol. The molecule has 0 saturated heterocycles. The number of ketones is 1. The zero-order valence-corrected chi connectivity index (χ0v) is 9.06. The molecule has 0 aromatic carbocycles. The Morgan fingerprint density at radius 3 is 2.53 bits per heavy atom. The molecule has 15 heavy (non-hydrogen) atoms. The van der Waals surface area contributed by atoms with Gasteiger partial charge >= 0.3 is 0 Å². The molecule has 0 radical (unpaired) electrons. The maximum Gasteiger partial charge on any atom is 0.215 e. The first-order chi connectivity index (χ1) is 7.09. The average molecular weight is 225 g/mol. The van der Waals surface area contributed by atoms with Crippen molar-refractivity contribution >= 4 is 17.4 Å². The van der Waals surface area contributed by atoms with Crippen LogP contribution < -0.4 is 0 Å². The second-order valence-corrected chi connectivity index (χ2v) is 3.60. The van der Waals surface area contributed by atoms with Crippen LogP contribution in [0.25, 0.3) is 0 Å². The minimum atomic E-state index is -0.173. The van der Waals surface area contributed by atoms with E-state index in [1.807, 2.05) is 0 Å². The summed E-state index contributed by atoms with van der Waals surface area (Å²) >= 11 is 5.87. The van der Waals surface area contributed by atoms with Gasteiger partial charge in [-0.25, -0.2) is 0 Å². The summed E-state index contributed by atoms with van der Waals surface area (Å²) in [5.74, 6) is -0.173. The van der Waals surface area contributed by atoms with Gasteiger partial charge in [0.1, 0.15) is 5.69 Å². The van der Waals surface area contributed by atoms with Gasteiger partial charge in [-0.1, -0.05) is 11.6 Å². The van der Waals surface area contributed by atoms with E-state index in [1.165, 1.54) is 17.1 Å². The van der Waals surface area contributed by atoms with Crippen molar-refractivity contribution in [1.29, 1.82) is 0 Å². The van der Waals surface area contributed by atoms with E-state index in [1.54, 1.807) is 25.0 Å². The first kappa shape index (κ1) is 9.92. The van der Waals surface area contributed by atoms with Crippen LogP contribution in [0.3, 0.4) is 0 Å². The maximum absolute atomic E-state index is 12.0. The summed E-state index contributed by atoms with van der Waals surface area (Å²) in [7, 11) is 3.43. The number of hydrogen-bond acceptors (Lipinski definition) is 3. The third kappa shape index (κ3) is 1.66.